The number of hydrogen-bond donors (Lipinski definition) is 2. The summed E-state index contributed by atoms with van der Waals surface area (Å²) in [5, 5.41) is 7.88. The largest absolute Gasteiger partial charge is 0.431 e. The van der Waals surface area contributed by atoms with Crippen LogP contribution in [-0.4, -0.2) is 35.8 Å². The summed E-state index contributed by atoms with van der Waals surface area (Å²) in [4.78, 5) is 12.0. The number of aliphatic hydroxyl groups is 1. The first-order valence-corrected chi connectivity index (χ1v) is 13.2. The maximum atomic E-state index is 12.0. The molecule has 0 aromatic heterocycles. The van der Waals surface area contributed by atoms with Gasteiger partial charge in [-0.3, -0.25) is 0 Å². The van der Waals surface area contributed by atoms with E-state index in [0.29, 0.717) is 6.61 Å². The van der Waals surface area contributed by atoms with Gasteiger partial charge in [0.25, 0.3) is 0 Å². The fourth-order valence-corrected chi connectivity index (χ4v) is 11.7. The van der Waals surface area contributed by atoms with Crippen molar-refractivity contribution in [2.45, 2.75) is 126 Å². The molecule has 6 N–H and O–H groups in total. The summed E-state index contributed by atoms with van der Waals surface area (Å²) in [6, 6.07) is 0. The molecule has 3 fully saturated rings. The molecule has 27 heavy (non-hydrogen) atoms. The van der Waals surface area contributed by atoms with Gasteiger partial charge in [0.1, 0.15) is 0 Å². The number of rotatable bonds is 4. The van der Waals surface area contributed by atoms with E-state index in [1.54, 1.807) is 0 Å². The maximum absolute atomic E-state index is 12.0. The van der Waals surface area contributed by atoms with Crippen molar-refractivity contribution in [3.05, 3.63) is 0 Å². The van der Waals surface area contributed by atoms with Crippen LogP contribution in [0.25, 0.3) is 0 Å². The van der Waals surface area contributed by atoms with Crippen LogP contribution >= 0.6 is 0 Å². The fraction of sp³-hybridized carbons (Fsp3) is 1.00. The Labute approximate surface area is 187 Å². The predicted octanol–water partition coefficient (Wildman–Crippen LogP) is 4.66. The van der Waals surface area contributed by atoms with Crippen LogP contribution in [0, 0.1) is 0 Å². The van der Waals surface area contributed by atoms with Gasteiger partial charge in [-0.05, 0) is 23.0 Å². The smallest absolute Gasteiger partial charge is 0.197 e. The van der Waals surface area contributed by atoms with Gasteiger partial charge in [-0.1, -0.05) is 103 Å². The molecule has 0 unspecified atom stereocenters. The molecule has 3 aliphatic rings. The summed E-state index contributed by atoms with van der Waals surface area (Å²) < 4.78 is 0. The van der Waals surface area contributed by atoms with Crippen molar-refractivity contribution < 1.29 is 47.1 Å². The molecule has 0 aromatic rings. The molecular formula is C21H46O4SiZr. The Balaban J connectivity index is 0. The second kappa shape index (κ2) is 16.7. The van der Waals surface area contributed by atoms with Gasteiger partial charge in [-0.25, -0.2) is 0 Å². The molecule has 3 rings (SSSR count). The van der Waals surface area contributed by atoms with E-state index in [9.17, 15) is 4.80 Å². The van der Waals surface area contributed by atoms with Gasteiger partial charge in [-0.2, -0.15) is 0 Å². The monoisotopic (exact) mass is 480 g/mol. The standard InChI is InChI=1S/C18H34OSi.C3H8O.2H2O.Zr/c19-20(16-10-4-1-5-11-16,17-12-6-2-7-13-17)18-14-8-3-9-15-18;1-2-3-4;;;/h16-19H,1-15H2;4H,2-3H2,1H3;2*1H2;. The molecule has 6 heteroatoms. The van der Waals surface area contributed by atoms with Crippen LogP contribution < -0.4 is 0 Å². The first-order valence-electron chi connectivity index (χ1n) is 11.1. The van der Waals surface area contributed by atoms with Crippen LogP contribution in [0.2, 0.25) is 16.6 Å². The van der Waals surface area contributed by atoms with E-state index in [1.807, 2.05) is 6.92 Å². The molecule has 0 saturated heterocycles. The predicted molar refractivity (Wildman–Crippen MR) is 113 cm³/mol. The van der Waals surface area contributed by atoms with E-state index in [-0.39, 0.29) is 37.2 Å². The minimum Gasteiger partial charge on any atom is -0.431 e. The Bertz CT molecular complexity index is 281. The molecule has 0 aliphatic heterocycles. The third kappa shape index (κ3) is 8.68. The van der Waals surface area contributed by atoms with Crippen LogP contribution in [-0.2, 0) is 26.2 Å². The molecule has 3 saturated carbocycles. The Morgan fingerprint density at radius 3 is 1.04 bits per heavy atom. The molecule has 0 spiro atoms. The minimum atomic E-state index is -2.05. The molecule has 0 amide bonds. The van der Waals surface area contributed by atoms with Crippen molar-refractivity contribution in [2.75, 3.05) is 6.61 Å². The Hall–Kier alpha value is 0.940. The fourth-order valence-electron chi connectivity index (χ4n) is 5.70. The van der Waals surface area contributed by atoms with E-state index in [2.05, 4.69) is 0 Å². The molecule has 0 heterocycles. The SMILES string of the molecule is CCCO.O.O.O[Si](C1CCCCC1)(C1CCCCC1)C1CCCCC1.[Zr]. The first-order chi connectivity index (χ1) is 11.7. The van der Waals surface area contributed by atoms with Gasteiger partial charge < -0.3 is 20.9 Å². The van der Waals surface area contributed by atoms with Gasteiger partial charge in [0.05, 0.1) is 0 Å². The molecule has 0 bridgehead atoms. The van der Waals surface area contributed by atoms with Crippen molar-refractivity contribution in [2.24, 2.45) is 0 Å². The molecule has 4 nitrogen and oxygen atoms in total. The summed E-state index contributed by atoms with van der Waals surface area (Å²) in [6.07, 6.45) is 21.8. The maximum Gasteiger partial charge on any atom is 0.197 e. The molecule has 0 aromatic carbocycles. The van der Waals surface area contributed by atoms with Gasteiger partial charge in [0.2, 0.25) is 0 Å². The second-order valence-corrected chi connectivity index (χ2v) is 12.8. The Kier molecular flexibility index (Phi) is 18.6. The van der Waals surface area contributed by atoms with Crippen LogP contribution in [0.3, 0.4) is 0 Å². The quantitative estimate of drug-likeness (QED) is 0.570. The van der Waals surface area contributed by atoms with Crippen molar-refractivity contribution in [3.8, 4) is 0 Å². The average Bonchev–Trinajstić information content (AvgIpc) is 2.69. The third-order valence-corrected chi connectivity index (χ3v) is 12.7. The number of hydrogen-bond acceptors (Lipinski definition) is 2. The van der Waals surface area contributed by atoms with E-state index in [0.717, 1.165) is 23.0 Å². The van der Waals surface area contributed by atoms with E-state index in [1.165, 1.54) is 96.3 Å². The van der Waals surface area contributed by atoms with Crippen LogP contribution in [0.1, 0.15) is 110 Å². The van der Waals surface area contributed by atoms with E-state index >= 15 is 0 Å². The molecule has 162 valence electrons. The van der Waals surface area contributed by atoms with Gasteiger partial charge in [0, 0.05) is 32.8 Å². The molecule has 3 aliphatic carbocycles. The summed E-state index contributed by atoms with van der Waals surface area (Å²) in [6.45, 7) is 2.25. The summed E-state index contributed by atoms with van der Waals surface area (Å²) >= 11 is 0. The first kappa shape index (κ1) is 30.1. The zero-order chi connectivity index (χ0) is 17.3. The minimum absolute atomic E-state index is 0. The molecule has 0 radical (unpaired) electrons. The normalized spacial score (nSPS) is 22.3. The zero-order valence-electron chi connectivity index (χ0n) is 17.6. The number of aliphatic hydroxyl groups excluding tert-OH is 1. The van der Waals surface area contributed by atoms with Gasteiger partial charge >= 0.3 is 0 Å². The zero-order valence-corrected chi connectivity index (χ0v) is 21.1. The van der Waals surface area contributed by atoms with Crippen molar-refractivity contribution >= 4 is 8.32 Å². The van der Waals surface area contributed by atoms with Crippen molar-refractivity contribution in [1.82, 2.24) is 0 Å². The van der Waals surface area contributed by atoms with Crippen molar-refractivity contribution in [1.29, 1.82) is 0 Å². The third-order valence-electron chi connectivity index (χ3n) is 7.00. The Morgan fingerprint density at radius 1 is 0.630 bits per heavy atom. The average molecular weight is 482 g/mol. The topological polar surface area (TPSA) is 103 Å². The Morgan fingerprint density at radius 2 is 0.852 bits per heavy atom. The summed E-state index contributed by atoms with van der Waals surface area (Å²) in [5.41, 5.74) is 2.30. The van der Waals surface area contributed by atoms with Gasteiger partial charge in [0.15, 0.2) is 8.32 Å². The summed E-state index contributed by atoms with van der Waals surface area (Å²) in [7, 11) is -2.05. The van der Waals surface area contributed by atoms with Crippen LogP contribution in [0.5, 0.6) is 0 Å². The molecular weight excluding hydrogens is 436 g/mol. The van der Waals surface area contributed by atoms with E-state index in [4.69, 9.17) is 5.11 Å². The van der Waals surface area contributed by atoms with Crippen molar-refractivity contribution in [3.63, 3.8) is 0 Å². The molecule has 0 atom stereocenters. The van der Waals surface area contributed by atoms with Crippen LogP contribution in [0.4, 0.5) is 0 Å². The van der Waals surface area contributed by atoms with E-state index < -0.39 is 8.32 Å². The summed E-state index contributed by atoms with van der Waals surface area (Å²) in [5.74, 6) is 0. The second-order valence-electron chi connectivity index (χ2n) is 8.62. The van der Waals surface area contributed by atoms with Gasteiger partial charge in [-0.15, -0.1) is 0 Å². The van der Waals surface area contributed by atoms with Crippen LogP contribution in [0.15, 0.2) is 0 Å².